The average Bonchev–Trinajstić information content (AvgIpc) is 2.38. The minimum atomic E-state index is 0.368. The topological polar surface area (TPSA) is 21.3 Å². The van der Waals surface area contributed by atoms with E-state index in [1.165, 1.54) is 12.0 Å². The van der Waals surface area contributed by atoms with E-state index in [9.17, 15) is 0 Å². The molecule has 0 saturated carbocycles. The SMILES string of the molecule is C=CCOc1ccc(CNCC(C)(C)CC)cc1. The summed E-state index contributed by atoms with van der Waals surface area (Å²) in [6.45, 7) is 12.9. The minimum Gasteiger partial charge on any atom is -0.490 e. The maximum Gasteiger partial charge on any atom is 0.119 e. The molecule has 0 aromatic heterocycles. The van der Waals surface area contributed by atoms with Crippen molar-refractivity contribution in [1.29, 1.82) is 0 Å². The van der Waals surface area contributed by atoms with Crippen LogP contribution >= 0.6 is 0 Å². The molecule has 0 bridgehead atoms. The molecular formula is C16H25NO. The molecule has 1 aromatic carbocycles. The van der Waals surface area contributed by atoms with Gasteiger partial charge in [-0.05, 0) is 29.5 Å². The van der Waals surface area contributed by atoms with Crippen LogP contribution in [0.5, 0.6) is 5.75 Å². The Hall–Kier alpha value is -1.28. The predicted octanol–water partition coefficient (Wildman–Crippen LogP) is 3.78. The van der Waals surface area contributed by atoms with Crippen molar-refractivity contribution >= 4 is 0 Å². The van der Waals surface area contributed by atoms with Gasteiger partial charge in [-0.25, -0.2) is 0 Å². The van der Waals surface area contributed by atoms with Gasteiger partial charge in [-0.1, -0.05) is 45.6 Å². The molecule has 0 aliphatic heterocycles. The quantitative estimate of drug-likeness (QED) is 0.706. The summed E-state index contributed by atoms with van der Waals surface area (Å²) >= 11 is 0. The van der Waals surface area contributed by atoms with Gasteiger partial charge in [0, 0.05) is 13.1 Å². The lowest BCUT2D eigenvalue weighted by Gasteiger charge is -2.23. The van der Waals surface area contributed by atoms with Crippen LogP contribution in [0.2, 0.25) is 0 Å². The van der Waals surface area contributed by atoms with E-state index in [4.69, 9.17) is 4.74 Å². The lowest BCUT2D eigenvalue weighted by molar-refractivity contribution is 0.327. The summed E-state index contributed by atoms with van der Waals surface area (Å²) in [5.74, 6) is 0.896. The number of hydrogen-bond donors (Lipinski definition) is 1. The van der Waals surface area contributed by atoms with Gasteiger partial charge in [-0.3, -0.25) is 0 Å². The minimum absolute atomic E-state index is 0.368. The maximum atomic E-state index is 5.45. The van der Waals surface area contributed by atoms with Gasteiger partial charge in [0.15, 0.2) is 0 Å². The number of rotatable bonds is 8. The summed E-state index contributed by atoms with van der Waals surface area (Å²) in [6, 6.07) is 8.21. The van der Waals surface area contributed by atoms with Crippen LogP contribution in [-0.2, 0) is 6.54 Å². The standard InChI is InChI=1S/C16H25NO/c1-5-11-18-15-9-7-14(8-10-15)12-17-13-16(3,4)6-2/h5,7-10,17H,1,6,11-13H2,2-4H3. The molecular weight excluding hydrogens is 222 g/mol. The second-order valence-electron chi connectivity index (χ2n) is 5.36. The average molecular weight is 247 g/mol. The van der Waals surface area contributed by atoms with Gasteiger partial charge in [0.25, 0.3) is 0 Å². The first-order valence-corrected chi connectivity index (χ1v) is 6.61. The highest BCUT2D eigenvalue weighted by Crippen LogP contribution is 2.18. The molecule has 0 heterocycles. The molecule has 0 aliphatic carbocycles. The smallest absolute Gasteiger partial charge is 0.119 e. The molecule has 0 aliphatic rings. The summed E-state index contributed by atoms with van der Waals surface area (Å²) in [5.41, 5.74) is 1.65. The van der Waals surface area contributed by atoms with Crippen LogP contribution in [0, 0.1) is 5.41 Å². The van der Waals surface area contributed by atoms with E-state index in [0.717, 1.165) is 18.8 Å². The third-order valence-corrected chi connectivity index (χ3v) is 3.18. The molecule has 1 N–H and O–H groups in total. The third-order valence-electron chi connectivity index (χ3n) is 3.18. The summed E-state index contributed by atoms with van der Waals surface area (Å²) < 4.78 is 5.45. The fourth-order valence-electron chi connectivity index (χ4n) is 1.53. The Morgan fingerprint density at radius 1 is 1.28 bits per heavy atom. The van der Waals surface area contributed by atoms with Gasteiger partial charge in [0.05, 0.1) is 0 Å². The van der Waals surface area contributed by atoms with E-state index in [1.807, 2.05) is 12.1 Å². The fraction of sp³-hybridized carbons (Fsp3) is 0.500. The zero-order chi connectivity index (χ0) is 13.4. The molecule has 1 rings (SSSR count). The molecule has 0 atom stereocenters. The van der Waals surface area contributed by atoms with Gasteiger partial charge in [0.1, 0.15) is 12.4 Å². The number of nitrogens with one attached hydrogen (secondary N) is 1. The van der Waals surface area contributed by atoms with Crippen LogP contribution in [-0.4, -0.2) is 13.2 Å². The largest absolute Gasteiger partial charge is 0.490 e. The lowest BCUT2D eigenvalue weighted by Crippen LogP contribution is -2.28. The first-order chi connectivity index (χ1) is 8.57. The monoisotopic (exact) mass is 247 g/mol. The van der Waals surface area contributed by atoms with Crippen molar-refractivity contribution in [3.8, 4) is 5.75 Å². The van der Waals surface area contributed by atoms with Crippen LogP contribution in [0.4, 0.5) is 0 Å². The van der Waals surface area contributed by atoms with Gasteiger partial charge in [-0.2, -0.15) is 0 Å². The predicted molar refractivity (Wildman–Crippen MR) is 77.9 cm³/mol. The number of benzene rings is 1. The van der Waals surface area contributed by atoms with Gasteiger partial charge in [0.2, 0.25) is 0 Å². The Morgan fingerprint density at radius 3 is 2.50 bits per heavy atom. The number of hydrogen-bond acceptors (Lipinski definition) is 2. The molecule has 2 nitrogen and oxygen atoms in total. The summed E-state index contributed by atoms with van der Waals surface area (Å²) in [4.78, 5) is 0. The zero-order valence-electron chi connectivity index (χ0n) is 11.8. The van der Waals surface area contributed by atoms with Crippen molar-refractivity contribution in [3.63, 3.8) is 0 Å². The lowest BCUT2D eigenvalue weighted by atomic mass is 9.90. The molecule has 100 valence electrons. The first kappa shape index (κ1) is 14.8. The highest BCUT2D eigenvalue weighted by molar-refractivity contribution is 5.27. The van der Waals surface area contributed by atoms with E-state index in [2.05, 4.69) is 44.8 Å². The Bertz CT molecular complexity index is 354. The summed E-state index contributed by atoms with van der Waals surface area (Å²) in [6.07, 6.45) is 2.94. The van der Waals surface area contributed by atoms with Gasteiger partial charge in [-0.15, -0.1) is 0 Å². The van der Waals surface area contributed by atoms with Crippen LogP contribution in [0.25, 0.3) is 0 Å². The molecule has 0 amide bonds. The molecule has 0 spiro atoms. The fourth-order valence-corrected chi connectivity index (χ4v) is 1.53. The van der Waals surface area contributed by atoms with Crippen molar-refractivity contribution in [2.75, 3.05) is 13.2 Å². The second-order valence-corrected chi connectivity index (χ2v) is 5.36. The van der Waals surface area contributed by atoms with E-state index in [1.54, 1.807) is 6.08 Å². The second kappa shape index (κ2) is 7.22. The molecule has 0 unspecified atom stereocenters. The van der Waals surface area contributed by atoms with Crippen molar-refractivity contribution in [1.82, 2.24) is 5.32 Å². The zero-order valence-corrected chi connectivity index (χ0v) is 11.8. The first-order valence-electron chi connectivity index (χ1n) is 6.61. The Labute approximate surface area is 111 Å². The highest BCUT2D eigenvalue weighted by Gasteiger charge is 2.13. The van der Waals surface area contributed by atoms with Crippen LogP contribution in [0.3, 0.4) is 0 Å². The van der Waals surface area contributed by atoms with Gasteiger partial charge < -0.3 is 10.1 Å². The van der Waals surface area contributed by atoms with Crippen molar-refractivity contribution in [3.05, 3.63) is 42.5 Å². The van der Waals surface area contributed by atoms with Crippen LogP contribution in [0.1, 0.15) is 32.8 Å². The molecule has 1 aromatic rings. The van der Waals surface area contributed by atoms with Crippen LogP contribution in [0.15, 0.2) is 36.9 Å². The van der Waals surface area contributed by atoms with E-state index in [0.29, 0.717) is 12.0 Å². The van der Waals surface area contributed by atoms with E-state index >= 15 is 0 Å². The third kappa shape index (κ3) is 5.37. The maximum absolute atomic E-state index is 5.45. The Kier molecular flexibility index (Phi) is 5.93. The molecule has 2 heteroatoms. The van der Waals surface area contributed by atoms with Crippen molar-refractivity contribution < 1.29 is 4.74 Å². The molecule has 18 heavy (non-hydrogen) atoms. The Morgan fingerprint density at radius 2 is 1.94 bits per heavy atom. The van der Waals surface area contributed by atoms with Gasteiger partial charge >= 0.3 is 0 Å². The van der Waals surface area contributed by atoms with E-state index < -0.39 is 0 Å². The van der Waals surface area contributed by atoms with Crippen molar-refractivity contribution in [2.45, 2.75) is 33.7 Å². The summed E-state index contributed by atoms with van der Waals surface area (Å²) in [5, 5.41) is 3.50. The molecule has 0 fully saturated rings. The summed E-state index contributed by atoms with van der Waals surface area (Å²) in [7, 11) is 0. The van der Waals surface area contributed by atoms with Crippen molar-refractivity contribution in [2.24, 2.45) is 5.41 Å². The normalized spacial score (nSPS) is 11.3. The Balaban J connectivity index is 2.37. The van der Waals surface area contributed by atoms with Crippen LogP contribution < -0.4 is 10.1 Å². The highest BCUT2D eigenvalue weighted by atomic mass is 16.5. The number of ether oxygens (including phenoxy) is 1. The van der Waals surface area contributed by atoms with E-state index in [-0.39, 0.29) is 0 Å². The molecule has 0 saturated heterocycles. The molecule has 0 radical (unpaired) electrons.